The molecular weight excluding hydrogens is 560 g/mol. The number of amides is 2. The van der Waals surface area contributed by atoms with Crippen molar-refractivity contribution in [1.82, 2.24) is 10.6 Å². The van der Waals surface area contributed by atoms with E-state index in [0.717, 1.165) is 36.8 Å². The topological polar surface area (TPSA) is 98.7 Å². The van der Waals surface area contributed by atoms with Crippen LogP contribution in [-0.4, -0.2) is 35.1 Å². The van der Waals surface area contributed by atoms with Gasteiger partial charge in [-0.3, -0.25) is 9.59 Å². The van der Waals surface area contributed by atoms with Gasteiger partial charge in [0.25, 0.3) is 11.8 Å². The Morgan fingerprint density at radius 3 is 1.13 bits per heavy atom. The molecule has 0 fully saturated rings. The Morgan fingerprint density at radius 1 is 0.489 bits per heavy atom. The summed E-state index contributed by atoms with van der Waals surface area (Å²) < 4.78 is 0. The van der Waals surface area contributed by atoms with Gasteiger partial charge in [-0.05, 0) is 54.7 Å². The Kier molecular flexibility index (Phi) is 20.6. The normalized spacial score (nSPS) is 11.1. The maximum atomic E-state index is 12.8. The molecule has 2 rings (SSSR count). The summed E-state index contributed by atoms with van der Waals surface area (Å²) in [6.07, 6.45) is 25.3. The number of carbonyl (C=O) groups excluding carboxylic acids is 2. The molecule has 252 valence electrons. The Balaban J connectivity index is 1.73. The van der Waals surface area contributed by atoms with Crippen molar-refractivity contribution < 1.29 is 19.8 Å². The lowest BCUT2D eigenvalue weighted by molar-refractivity contribution is 0.0941. The molecule has 0 aromatic heterocycles. The van der Waals surface area contributed by atoms with Crippen molar-refractivity contribution in [3.05, 3.63) is 58.7 Å². The zero-order valence-corrected chi connectivity index (χ0v) is 28.4. The van der Waals surface area contributed by atoms with Crippen LogP contribution in [0, 0.1) is 0 Å². The SMILES string of the molecule is CCCCCCCCCCCCNC(=O)c1cc(Cc2ccc(O)c(C(=O)NCCCCCCCCCCCC)c2)ccc1O. The van der Waals surface area contributed by atoms with E-state index in [1.54, 1.807) is 36.4 Å². The van der Waals surface area contributed by atoms with Gasteiger partial charge >= 0.3 is 0 Å². The second-order valence-corrected chi connectivity index (χ2v) is 12.8. The average molecular weight is 623 g/mol. The quantitative estimate of drug-likeness (QED) is 0.0785. The summed E-state index contributed by atoms with van der Waals surface area (Å²) in [5.41, 5.74) is 2.21. The van der Waals surface area contributed by atoms with Crippen LogP contribution >= 0.6 is 0 Å². The maximum absolute atomic E-state index is 12.8. The van der Waals surface area contributed by atoms with Gasteiger partial charge < -0.3 is 20.8 Å². The van der Waals surface area contributed by atoms with Crippen LogP contribution in [-0.2, 0) is 6.42 Å². The van der Waals surface area contributed by atoms with Crippen LogP contribution < -0.4 is 10.6 Å². The molecular formula is C39H62N2O4. The van der Waals surface area contributed by atoms with E-state index in [-0.39, 0.29) is 34.4 Å². The Hall–Kier alpha value is -3.02. The van der Waals surface area contributed by atoms with E-state index in [2.05, 4.69) is 24.5 Å². The highest BCUT2D eigenvalue weighted by molar-refractivity contribution is 5.97. The van der Waals surface area contributed by atoms with E-state index in [0.29, 0.717) is 19.5 Å². The molecule has 0 aliphatic rings. The third-order valence-electron chi connectivity index (χ3n) is 8.65. The van der Waals surface area contributed by atoms with E-state index >= 15 is 0 Å². The predicted octanol–water partition coefficient (Wildman–Crippen LogP) is 9.99. The third-order valence-corrected chi connectivity index (χ3v) is 8.65. The summed E-state index contributed by atoms with van der Waals surface area (Å²) in [4.78, 5) is 25.6. The summed E-state index contributed by atoms with van der Waals surface area (Å²) in [6.45, 7) is 5.67. The van der Waals surface area contributed by atoms with Crippen LogP contribution in [0.3, 0.4) is 0 Å². The first-order valence-electron chi connectivity index (χ1n) is 18.2. The van der Waals surface area contributed by atoms with Crippen molar-refractivity contribution in [2.75, 3.05) is 13.1 Å². The molecule has 6 heteroatoms. The van der Waals surface area contributed by atoms with Gasteiger partial charge in [-0.1, -0.05) is 142 Å². The minimum Gasteiger partial charge on any atom is -0.507 e. The average Bonchev–Trinajstić information content (AvgIpc) is 3.04. The summed E-state index contributed by atoms with van der Waals surface area (Å²) in [7, 11) is 0. The lowest BCUT2D eigenvalue weighted by atomic mass is 9.99. The van der Waals surface area contributed by atoms with Crippen LogP contribution in [0.4, 0.5) is 0 Å². The van der Waals surface area contributed by atoms with Crippen molar-refractivity contribution in [3.8, 4) is 11.5 Å². The summed E-state index contributed by atoms with van der Waals surface area (Å²) in [5.74, 6) is -0.639. The first kappa shape index (κ1) is 38.2. The number of hydrogen-bond acceptors (Lipinski definition) is 4. The summed E-state index contributed by atoms with van der Waals surface area (Å²) in [6, 6.07) is 10.1. The zero-order chi connectivity index (χ0) is 32.5. The van der Waals surface area contributed by atoms with Crippen molar-refractivity contribution in [3.63, 3.8) is 0 Å². The second-order valence-electron chi connectivity index (χ2n) is 12.8. The van der Waals surface area contributed by atoms with Crippen LogP contribution in [0.15, 0.2) is 36.4 Å². The van der Waals surface area contributed by atoms with Gasteiger partial charge in [0.15, 0.2) is 0 Å². The number of rotatable bonds is 26. The number of hydrogen-bond donors (Lipinski definition) is 4. The fraction of sp³-hybridized carbons (Fsp3) is 0.641. The zero-order valence-electron chi connectivity index (χ0n) is 28.4. The molecule has 0 heterocycles. The maximum Gasteiger partial charge on any atom is 0.255 e. The van der Waals surface area contributed by atoms with Crippen molar-refractivity contribution in [2.24, 2.45) is 0 Å². The molecule has 2 amide bonds. The Labute approximate surface area is 273 Å². The molecule has 2 aromatic rings. The van der Waals surface area contributed by atoms with Gasteiger partial charge in [0, 0.05) is 13.1 Å². The smallest absolute Gasteiger partial charge is 0.255 e. The molecule has 0 bridgehead atoms. The Bertz CT molecular complexity index is 1010. The molecule has 0 saturated heterocycles. The third kappa shape index (κ3) is 16.7. The van der Waals surface area contributed by atoms with Crippen LogP contribution in [0.25, 0.3) is 0 Å². The first-order valence-corrected chi connectivity index (χ1v) is 18.2. The number of phenolic OH excluding ortho intramolecular Hbond substituents is 2. The highest BCUT2D eigenvalue weighted by atomic mass is 16.3. The van der Waals surface area contributed by atoms with E-state index < -0.39 is 0 Å². The fourth-order valence-electron chi connectivity index (χ4n) is 5.80. The van der Waals surface area contributed by atoms with Crippen molar-refractivity contribution >= 4 is 11.8 Å². The molecule has 0 saturated carbocycles. The number of unbranched alkanes of at least 4 members (excludes halogenated alkanes) is 18. The van der Waals surface area contributed by atoms with Gasteiger partial charge in [-0.15, -0.1) is 0 Å². The molecule has 6 nitrogen and oxygen atoms in total. The number of benzene rings is 2. The largest absolute Gasteiger partial charge is 0.507 e. The number of carbonyl (C=O) groups is 2. The molecule has 2 aromatic carbocycles. The van der Waals surface area contributed by atoms with E-state index in [9.17, 15) is 19.8 Å². The van der Waals surface area contributed by atoms with Gasteiger partial charge in [-0.2, -0.15) is 0 Å². The molecule has 4 N–H and O–H groups in total. The van der Waals surface area contributed by atoms with Crippen LogP contribution in [0.1, 0.15) is 174 Å². The molecule has 45 heavy (non-hydrogen) atoms. The highest BCUT2D eigenvalue weighted by Gasteiger charge is 2.14. The van der Waals surface area contributed by atoms with Crippen molar-refractivity contribution in [1.29, 1.82) is 0 Å². The minimum absolute atomic E-state index is 0.0444. The number of phenols is 2. The minimum atomic E-state index is -0.275. The van der Waals surface area contributed by atoms with Crippen LogP contribution in [0.5, 0.6) is 11.5 Å². The molecule has 0 spiro atoms. The summed E-state index contributed by atoms with van der Waals surface area (Å²) >= 11 is 0. The predicted molar refractivity (Wildman–Crippen MR) is 187 cm³/mol. The lowest BCUT2D eigenvalue weighted by Crippen LogP contribution is -2.24. The molecule has 0 aliphatic carbocycles. The van der Waals surface area contributed by atoms with Gasteiger partial charge in [-0.25, -0.2) is 0 Å². The lowest BCUT2D eigenvalue weighted by Gasteiger charge is -2.11. The molecule has 0 aliphatic heterocycles. The first-order chi connectivity index (χ1) is 22.0. The standard InChI is InChI=1S/C39H62N2O4/c1-3-5-7-9-11-13-15-17-19-21-27-40-38(44)34-30-32(23-25-36(34)42)29-33-24-26-37(43)35(31-33)39(45)41-28-22-20-18-16-14-12-10-8-6-4-2/h23-26,30-31,42-43H,3-22,27-29H2,1-2H3,(H,40,44)(H,41,45). The van der Waals surface area contributed by atoms with Crippen molar-refractivity contribution in [2.45, 2.75) is 149 Å². The highest BCUT2D eigenvalue weighted by Crippen LogP contribution is 2.24. The molecule has 0 unspecified atom stereocenters. The van der Waals surface area contributed by atoms with Gasteiger partial charge in [0.2, 0.25) is 0 Å². The molecule has 0 atom stereocenters. The van der Waals surface area contributed by atoms with E-state index in [1.165, 1.54) is 103 Å². The molecule has 0 radical (unpaired) electrons. The Morgan fingerprint density at radius 2 is 0.800 bits per heavy atom. The van der Waals surface area contributed by atoms with Gasteiger partial charge in [0.1, 0.15) is 11.5 Å². The monoisotopic (exact) mass is 622 g/mol. The number of nitrogens with one attached hydrogen (secondary N) is 2. The fourth-order valence-corrected chi connectivity index (χ4v) is 5.80. The second kappa shape index (κ2) is 24.2. The van der Waals surface area contributed by atoms with E-state index in [4.69, 9.17) is 0 Å². The van der Waals surface area contributed by atoms with Crippen LogP contribution in [0.2, 0.25) is 0 Å². The summed E-state index contributed by atoms with van der Waals surface area (Å²) in [5, 5.41) is 26.6. The van der Waals surface area contributed by atoms with E-state index in [1.807, 2.05) is 0 Å². The van der Waals surface area contributed by atoms with Gasteiger partial charge in [0.05, 0.1) is 11.1 Å². The number of aromatic hydroxyl groups is 2.